The summed E-state index contributed by atoms with van der Waals surface area (Å²) in [5, 5.41) is 2.61. The van der Waals surface area contributed by atoms with E-state index in [0.717, 1.165) is 18.4 Å². The van der Waals surface area contributed by atoms with E-state index in [1.807, 2.05) is 0 Å². The Kier molecular flexibility index (Phi) is 7.97. The molecular weight excluding hydrogens is 429 g/mol. The lowest BCUT2D eigenvalue weighted by Gasteiger charge is -2.31. The Hall–Kier alpha value is -2.64. The predicted molar refractivity (Wildman–Crippen MR) is 119 cm³/mol. The van der Waals surface area contributed by atoms with Crippen LogP contribution in [0.4, 0.5) is 9.18 Å². The number of carbonyl (C=O) groups excluding carboxylic acids is 3. The number of halogens is 1. The Bertz CT molecular complexity index is 845. The summed E-state index contributed by atoms with van der Waals surface area (Å²) in [4.78, 5) is 37.6. The third-order valence-electron chi connectivity index (χ3n) is 5.90. The standard InChI is InChI=1S/C25H34FNO6/c1-15-19(14-16-8-12-18(26)13-9-16)21(32-22(28)17-10-11-17)7-5-6-20(23(29)31-15)27-24(30)33-25(2,3)4/h8-9,12-13,15,17,19-21H,5-7,10-11,14H2,1-4H3,(H,27,30). The van der Waals surface area contributed by atoms with Crippen molar-refractivity contribution in [2.45, 2.75) is 90.1 Å². The van der Waals surface area contributed by atoms with Gasteiger partial charge in [-0.3, -0.25) is 4.79 Å². The van der Waals surface area contributed by atoms with Crippen LogP contribution in [0.2, 0.25) is 0 Å². The summed E-state index contributed by atoms with van der Waals surface area (Å²) in [7, 11) is 0. The second-order valence-electron chi connectivity index (χ2n) is 10.0. The molecule has 1 saturated carbocycles. The molecule has 0 aromatic heterocycles. The van der Waals surface area contributed by atoms with E-state index in [2.05, 4.69) is 5.32 Å². The maximum absolute atomic E-state index is 13.4. The van der Waals surface area contributed by atoms with Crippen molar-refractivity contribution in [2.75, 3.05) is 0 Å². The van der Waals surface area contributed by atoms with Crippen LogP contribution in [-0.4, -0.2) is 41.9 Å². The van der Waals surface area contributed by atoms with Gasteiger partial charge in [0.05, 0.1) is 5.92 Å². The van der Waals surface area contributed by atoms with Crippen LogP contribution in [0.15, 0.2) is 24.3 Å². The third kappa shape index (κ3) is 7.72. The van der Waals surface area contributed by atoms with Gasteiger partial charge in [-0.25, -0.2) is 14.0 Å². The Balaban J connectivity index is 1.76. The Morgan fingerprint density at radius 1 is 1.12 bits per heavy atom. The van der Waals surface area contributed by atoms with E-state index >= 15 is 0 Å². The SMILES string of the molecule is CC1OC(=O)C(NC(=O)OC(C)(C)C)CCCC(OC(=O)C2CC2)C1Cc1ccc(F)cc1. The van der Waals surface area contributed by atoms with Crippen LogP contribution >= 0.6 is 0 Å². The maximum Gasteiger partial charge on any atom is 0.408 e. The van der Waals surface area contributed by atoms with E-state index < -0.39 is 35.9 Å². The fraction of sp³-hybridized carbons (Fsp3) is 0.640. The number of esters is 2. The molecule has 1 amide bonds. The molecule has 0 spiro atoms. The van der Waals surface area contributed by atoms with Crippen LogP contribution in [0.3, 0.4) is 0 Å². The van der Waals surface area contributed by atoms with Crippen molar-refractivity contribution < 1.29 is 33.0 Å². The summed E-state index contributed by atoms with van der Waals surface area (Å²) in [6.07, 6.45) is 1.82. The smallest absolute Gasteiger partial charge is 0.408 e. The van der Waals surface area contributed by atoms with Crippen molar-refractivity contribution in [3.05, 3.63) is 35.6 Å². The molecule has 1 heterocycles. The monoisotopic (exact) mass is 463 g/mol. The molecular formula is C25H34FNO6. The van der Waals surface area contributed by atoms with Gasteiger partial charge in [-0.15, -0.1) is 0 Å². The van der Waals surface area contributed by atoms with E-state index in [-0.39, 0.29) is 23.6 Å². The van der Waals surface area contributed by atoms with Gasteiger partial charge in [0.25, 0.3) is 0 Å². The molecule has 1 aromatic carbocycles. The topological polar surface area (TPSA) is 90.9 Å². The molecule has 0 bridgehead atoms. The molecule has 182 valence electrons. The molecule has 0 radical (unpaired) electrons. The third-order valence-corrected chi connectivity index (χ3v) is 5.90. The number of rotatable bonds is 5. The first kappa shape index (κ1) is 25.0. The second-order valence-corrected chi connectivity index (χ2v) is 10.0. The molecule has 1 aliphatic carbocycles. The number of ether oxygens (including phenoxy) is 3. The molecule has 7 nitrogen and oxygen atoms in total. The molecule has 4 unspecified atom stereocenters. The molecule has 1 saturated heterocycles. The average molecular weight is 464 g/mol. The van der Waals surface area contributed by atoms with Gasteiger partial charge in [0.15, 0.2) is 0 Å². The van der Waals surface area contributed by atoms with Crippen molar-refractivity contribution in [3.8, 4) is 0 Å². The quantitative estimate of drug-likeness (QED) is 0.517. The lowest BCUT2D eigenvalue weighted by atomic mass is 9.87. The summed E-state index contributed by atoms with van der Waals surface area (Å²) in [5.74, 6) is -1.46. The Labute approximate surface area is 194 Å². The van der Waals surface area contributed by atoms with Crippen LogP contribution in [0.1, 0.15) is 65.4 Å². The first-order valence-corrected chi connectivity index (χ1v) is 11.7. The number of amides is 1. The van der Waals surface area contributed by atoms with Gasteiger partial charge in [-0.1, -0.05) is 12.1 Å². The van der Waals surface area contributed by atoms with Crippen LogP contribution < -0.4 is 5.32 Å². The van der Waals surface area contributed by atoms with Gasteiger partial charge < -0.3 is 19.5 Å². The van der Waals surface area contributed by atoms with E-state index in [4.69, 9.17) is 14.2 Å². The van der Waals surface area contributed by atoms with Crippen LogP contribution in [0.25, 0.3) is 0 Å². The zero-order valence-corrected chi connectivity index (χ0v) is 19.8. The minimum Gasteiger partial charge on any atom is -0.462 e. The molecule has 1 N–H and O–H groups in total. The maximum atomic E-state index is 13.4. The van der Waals surface area contributed by atoms with E-state index in [0.29, 0.717) is 25.7 Å². The van der Waals surface area contributed by atoms with Gasteiger partial charge in [-0.05, 0) is 83.9 Å². The average Bonchev–Trinajstić information content (AvgIpc) is 3.55. The van der Waals surface area contributed by atoms with Crippen LogP contribution in [0, 0.1) is 17.7 Å². The highest BCUT2D eigenvalue weighted by atomic mass is 19.1. The van der Waals surface area contributed by atoms with Gasteiger partial charge in [-0.2, -0.15) is 0 Å². The molecule has 2 fully saturated rings. The molecule has 3 rings (SSSR count). The summed E-state index contributed by atoms with van der Waals surface area (Å²) < 4.78 is 30.3. The van der Waals surface area contributed by atoms with Crippen molar-refractivity contribution in [3.63, 3.8) is 0 Å². The Morgan fingerprint density at radius 3 is 2.39 bits per heavy atom. The Morgan fingerprint density at radius 2 is 1.79 bits per heavy atom. The second kappa shape index (κ2) is 10.5. The van der Waals surface area contributed by atoms with Crippen molar-refractivity contribution in [1.82, 2.24) is 5.32 Å². The molecule has 1 aromatic rings. The highest BCUT2D eigenvalue weighted by Gasteiger charge is 2.39. The number of cyclic esters (lactones) is 1. The molecule has 8 heteroatoms. The van der Waals surface area contributed by atoms with Crippen LogP contribution in [-0.2, 0) is 30.2 Å². The van der Waals surface area contributed by atoms with E-state index in [1.54, 1.807) is 39.8 Å². The number of carbonyl (C=O) groups is 3. The molecule has 1 aliphatic heterocycles. The fourth-order valence-corrected chi connectivity index (χ4v) is 3.99. The van der Waals surface area contributed by atoms with Gasteiger partial charge in [0.2, 0.25) is 0 Å². The molecule has 33 heavy (non-hydrogen) atoms. The summed E-state index contributed by atoms with van der Waals surface area (Å²) >= 11 is 0. The van der Waals surface area contributed by atoms with Gasteiger partial charge >= 0.3 is 18.0 Å². The van der Waals surface area contributed by atoms with E-state index in [9.17, 15) is 18.8 Å². The lowest BCUT2D eigenvalue weighted by Crippen LogP contribution is -2.45. The fourth-order valence-electron chi connectivity index (χ4n) is 3.99. The van der Waals surface area contributed by atoms with Crippen LogP contribution in [0.5, 0.6) is 0 Å². The van der Waals surface area contributed by atoms with Gasteiger partial charge in [0, 0.05) is 5.92 Å². The minimum absolute atomic E-state index is 0.0523. The molecule has 2 aliphatic rings. The van der Waals surface area contributed by atoms with Crippen molar-refractivity contribution in [2.24, 2.45) is 11.8 Å². The zero-order chi connectivity index (χ0) is 24.2. The first-order valence-electron chi connectivity index (χ1n) is 11.7. The van der Waals surface area contributed by atoms with Gasteiger partial charge in [0.1, 0.15) is 29.7 Å². The number of nitrogens with one attached hydrogen (secondary N) is 1. The van der Waals surface area contributed by atoms with Crippen molar-refractivity contribution in [1.29, 1.82) is 0 Å². The summed E-state index contributed by atoms with van der Waals surface area (Å²) in [6, 6.07) is 5.28. The normalized spacial score (nSPS) is 26.3. The lowest BCUT2D eigenvalue weighted by molar-refractivity contribution is -0.162. The molecule has 4 atom stereocenters. The minimum atomic E-state index is -0.855. The number of alkyl carbamates (subject to hydrolysis) is 1. The highest BCUT2D eigenvalue weighted by molar-refractivity contribution is 5.81. The summed E-state index contributed by atoms with van der Waals surface area (Å²) in [5.41, 5.74) is 0.168. The number of benzene rings is 1. The number of hydrogen-bond acceptors (Lipinski definition) is 6. The predicted octanol–water partition coefficient (Wildman–Crippen LogP) is 4.32. The first-order chi connectivity index (χ1) is 15.5. The van der Waals surface area contributed by atoms with Crippen molar-refractivity contribution >= 4 is 18.0 Å². The van der Waals surface area contributed by atoms with E-state index in [1.165, 1.54) is 12.1 Å². The largest absolute Gasteiger partial charge is 0.462 e. The summed E-state index contributed by atoms with van der Waals surface area (Å²) in [6.45, 7) is 7.00. The number of hydrogen-bond donors (Lipinski definition) is 1. The highest BCUT2D eigenvalue weighted by Crippen LogP contribution is 2.34. The zero-order valence-electron chi connectivity index (χ0n) is 19.8.